The van der Waals surface area contributed by atoms with Crippen molar-refractivity contribution in [1.82, 2.24) is 14.3 Å². The molecular formula is C13H16BrFN4O. The van der Waals surface area contributed by atoms with Crippen molar-refractivity contribution >= 4 is 15.9 Å². The zero-order chi connectivity index (χ0) is 13.8. The van der Waals surface area contributed by atoms with E-state index in [9.17, 15) is 9.18 Å². The summed E-state index contributed by atoms with van der Waals surface area (Å²) in [4.78, 5) is 12.1. The third kappa shape index (κ3) is 3.43. The summed E-state index contributed by atoms with van der Waals surface area (Å²) in [6, 6.07) is 7.22. The molecule has 0 atom stereocenters. The van der Waals surface area contributed by atoms with E-state index in [0.29, 0.717) is 17.6 Å². The Balaban J connectivity index is 0.00000200. The predicted molar refractivity (Wildman–Crippen MR) is 80.5 cm³/mol. The fourth-order valence-corrected chi connectivity index (χ4v) is 1.82. The van der Waals surface area contributed by atoms with Gasteiger partial charge in [0, 0.05) is 11.0 Å². The molecule has 7 heteroatoms. The summed E-state index contributed by atoms with van der Waals surface area (Å²) in [6.07, 6.45) is 1.81. The molecule has 0 radical (unpaired) electrons. The first kappa shape index (κ1) is 16.3. The van der Waals surface area contributed by atoms with E-state index in [-0.39, 0.29) is 26.2 Å². The first-order chi connectivity index (χ1) is 9.15. The maximum atomic E-state index is 12.5. The highest BCUT2D eigenvalue weighted by atomic mass is 79.9. The molecule has 2 rings (SSSR count). The predicted octanol–water partition coefficient (Wildman–Crippen LogP) is 2.24. The highest BCUT2D eigenvalue weighted by Crippen LogP contribution is 2.12. The Hall–Kier alpha value is -1.73. The van der Waals surface area contributed by atoms with Crippen molar-refractivity contribution < 1.29 is 4.39 Å². The van der Waals surface area contributed by atoms with Gasteiger partial charge >= 0.3 is 5.69 Å². The molecular weight excluding hydrogens is 327 g/mol. The van der Waals surface area contributed by atoms with E-state index in [0.717, 1.165) is 4.47 Å². The maximum absolute atomic E-state index is 12.5. The largest absolute Gasteiger partial charge is 0.350 e. The van der Waals surface area contributed by atoms with Gasteiger partial charge in [0.25, 0.3) is 0 Å². The normalized spacial score (nSPS) is 11.2. The quantitative estimate of drug-likeness (QED) is 0.926. The van der Waals surface area contributed by atoms with E-state index in [1.165, 1.54) is 15.6 Å². The van der Waals surface area contributed by atoms with Crippen LogP contribution in [0.3, 0.4) is 0 Å². The minimum Gasteiger partial charge on any atom is -0.327 e. The number of rotatable bonds is 4. The molecule has 2 aromatic rings. The summed E-state index contributed by atoms with van der Waals surface area (Å²) in [5, 5.41) is 3.94. The van der Waals surface area contributed by atoms with Gasteiger partial charge in [0.1, 0.15) is 6.33 Å². The molecule has 5 nitrogen and oxygen atoms in total. The number of aromatic nitrogens is 3. The molecule has 1 heterocycles. The molecule has 20 heavy (non-hydrogen) atoms. The Bertz CT molecular complexity index is 645. The Kier molecular flexibility index (Phi) is 5.84. The number of benzene rings is 1. The molecule has 2 N–H and O–H groups in total. The molecule has 0 unspecified atom stereocenters. The van der Waals surface area contributed by atoms with Crippen molar-refractivity contribution in [3.05, 3.63) is 57.5 Å². The van der Waals surface area contributed by atoms with Crippen LogP contribution in [-0.4, -0.2) is 20.9 Å². The number of hydrogen-bond acceptors (Lipinski definition) is 3. The van der Waals surface area contributed by atoms with Gasteiger partial charge in [-0.3, -0.25) is 0 Å². The van der Waals surface area contributed by atoms with Crippen LogP contribution < -0.4 is 11.4 Å². The Morgan fingerprint density at radius 1 is 1.40 bits per heavy atom. The molecule has 1 aromatic carbocycles. The Morgan fingerprint density at radius 3 is 2.60 bits per heavy atom. The second-order valence-electron chi connectivity index (χ2n) is 3.89. The first-order valence-electron chi connectivity index (χ1n) is 5.54. The molecule has 0 saturated carbocycles. The van der Waals surface area contributed by atoms with Crippen molar-refractivity contribution in [1.29, 1.82) is 0 Å². The van der Waals surface area contributed by atoms with Crippen LogP contribution in [0.5, 0.6) is 0 Å². The molecule has 0 spiro atoms. The molecule has 0 saturated heterocycles. The third-order valence-electron chi connectivity index (χ3n) is 2.61. The SMILES string of the molecule is C.NC/C(=C/F)Cn1ncn(-c2ccc(Br)cc2)c1=O. The minimum absolute atomic E-state index is 0. The molecule has 0 aliphatic rings. The molecule has 0 amide bonds. The van der Waals surface area contributed by atoms with Gasteiger partial charge in [-0.05, 0) is 29.8 Å². The number of hydrogen-bond donors (Lipinski definition) is 1. The van der Waals surface area contributed by atoms with Crippen molar-refractivity contribution in [2.45, 2.75) is 14.0 Å². The molecule has 0 aliphatic heterocycles. The van der Waals surface area contributed by atoms with E-state index in [1.807, 2.05) is 12.1 Å². The number of halogens is 2. The van der Waals surface area contributed by atoms with E-state index in [2.05, 4.69) is 21.0 Å². The van der Waals surface area contributed by atoms with Crippen LogP contribution in [0.25, 0.3) is 5.69 Å². The van der Waals surface area contributed by atoms with Crippen LogP contribution in [0.2, 0.25) is 0 Å². The van der Waals surface area contributed by atoms with Gasteiger partial charge in [0.2, 0.25) is 0 Å². The number of nitrogens with zero attached hydrogens (tertiary/aromatic N) is 3. The minimum atomic E-state index is -0.338. The van der Waals surface area contributed by atoms with Crippen LogP contribution in [-0.2, 0) is 6.54 Å². The lowest BCUT2D eigenvalue weighted by molar-refractivity contribution is 0.612. The van der Waals surface area contributed by atoms with Gasteiger partial charge in [0.15, 0.2) is 0 Å². The van der Waals surface area contributed by atoms with E-state index in [4.69, 9.17) is 5.73 Å². The summed E-state index contributed by atoms with van der Waals surface area (Å²) in [5.41, 5.74) is 6.02. The van der Waals surface area contributed by atoms with Gasteiger partial charge in [-0.15, -0.1) is 0 Å². The summed E-state index contributed by atoms with van der Waals surface area (Å²) in [5.74, 6) is 0. The fourth-order valence-electron chi connectivity index (χ4n) is 1.56. The lowest BCUT2D eigenvalue weighted by Crippen LogP contribution is -2.25. The Morgan fingerprint density at radius 2 is 2.05 bits per heavy atom. The average molecular weight is 343 g/mol. The lowest BCUT2D eigenvalue weighted by Gasteiger charge is -2.02. The average Bonchev–Trinajstić information content (AvgIpc) is 2.78. The topological polar surface area (TPSA) is 65.8 Å². The van der Waals surface area contributed by atoms with Crippen LogP contribution in [0.4, 0.5) is 4.39 Å². The van der Waals surface area contributed by atoms with Gasteiger partial charge < -0.3 is 5.73 Å². The van der Waals surface area contributed by atoms with E-state index >= 15 is 0 Å². The zero-order valence-corrected chi connectivity index (χ0v) is 11.5. The van der Waals surface area contributed by atoms with Crippen LogP contribution in [0.1, 0.15) is 7.43 Å². The van der Waals surface area contributed by atoms with Crippen LogP contribution in [0, 0.1) is 0 Å². The van der Waals surface area contributed by atoms with Gasteiger partial charge in [0.05, 0.1) is 18.6 Å². The molecule has 1 aromatic heterocycles. The van der Waals surface area contributed by atoms with Crippen molar-refractivity contribution in [3.8, 4) is 5.69 Å². The highest BCUT2D eigenvalue weighted by Gasteiger charge is 2.08. The fraction of sp³-hybridized carbons (Fsp3) is 0.231. The molecule has 108 valence electrons. The first-order valence-corrected chi connectivity index (χ1v) is 6.33. The monoisotopic (exact) mass is 342 g/mol. The molecule has 0 aliphatic carbocycles. The van der Waals surface area contributed by atoms with Gasteiger partial charge in [-0.1, -0.05) is 23.4 Å². The second kappa shape index (κ2) is 7.16. The Labute approximate surface area is 124 Å². The van der Waals surface area contributed by atoms with Gasteiger partial charge in [-0.25, -0.2) is 18.4 Å². The van der Waals surface area contributed by atoms with Gasteiger partial charge in [-0.2, -0.15) is 5.10 Å². The van der Waals surface area contributed by atoms with Crippen LogP contribution >= 0.6 is 15.9 Å². The zero-order valence-electron chi connectivity index (χ0n) is 9.96. The van der Waals surface area contributed by atoms with Crippen molar-refractivity contribution in [3.63, 3.8) is 0 Å². The highest BCUT2D eigenvalue weighted by molar-refractivity contribution is 9.10. The van der Waals surface area contributed by atoms with E-state index < -0.39 is 0 Å². The molecule has 0 fully saturated rings. The maximum Gasteiger partial charge on any atom is 0.350 e. The smallest absolute Gasteiger partial charge is 0.327 e. The summed E-state index contributed by atoms with van der Waals surface area (Å²) < 4.78 is 15.9. The number of nitrogens with two attached hydrogens (primary N) is 1. The standard InChI is InChI=1S/C12H12BrFN4O.CH4/c13-10-1-3-11(4-2-10)17-8-16-18(12(17)19)7-9(5-14)6-15;/h1-5,8H,6-7,15H2;1H4/b9-5-;. The van der Waals surface area contributed by atoms with Crippen LogP contribution in [0.15, 0.2) is 51.8 Å². The summed E-state index contributed by atoms with van der Waals surface area (Å²) in [7, 11) is 0. The summed E-state index contributed by atoms with van der Waals surface area (Å²) in [6.45, 7) is 0.101. The molecule has 0 bridgehead atoms. The lowest BCUT2D eigenvalue weighted by atomic mass is 10.3. The van der Waals surface area contributed by atoms with E-state index in [1.54, 1.807) is 12.1 Å². The third-order valence-corrected chi connectivity index (χ3v) is 3.14. The summed E-state index contributed by atoms with van der Waals surface area (Å²) >= 11 is 3.32. The van der Waals surface area contributed by atoms with Crippen molar-refractivity contribution in [2.24, 2.45) is 5.73 Å². The second-order valence-corrected chi connectivity index (χ2v) is 4.80. The van der Waals surface area contributed by atoms with Crippen molar-refractivity contribution in [2.75, 3.05) is 6.54 Å².